The van der Waals surface area contributed by atoms with Crippen molar-refractivity contribution in [2.24, 2.45) is 0 Å². The highest BCUT2D eigenvalue weighted by Crippen LogP contribution is 2.29. The third-order valence-electron chi connectivity index (χ3n) is 5.01. The van der Waals surface area contributed by atoms with E-state index in [-0.39, 0.29) is 11.7 Å². The molecule has 2 heterocycles. The van der Waals surface area contributed by atoms with Gasteiger partial charge in [0.2, 0.25) is 5.91 Å². The van der Waals surface area contributed by atoms with Gasteiger partial charge in [0, 0.05) is 29.7 Å². The summed E-state index contributed by atoms with van der Waals surface area (Å²) < 4.78 is 7.19. The molecule has 1 amide bonds. The molecular weight excluding hydrogens is 422 g/mol. The van der Waals surface area contributed by atoms with E-state index in [2.05, 4.69) is 46.5 Å². The van der Waals surface area contributed by atoms with E-state index in [1.807, 2.05) is 41.0 Å². The zero-order chi connectivity index (χ0) is 22.5. The Hall–Kier alpha value is -3.65. The molecule has 0 fully saturated rings. The van der Waals surface area contributed by atoms with Crippen LogP contribution in [0.25, 0.3) is 17.1 Å². The molecule has 0 radical (unpaired) electrons. The number of benzene rings is 2. The van der Waals surface area contributed by atoms with Crippen LogP contribution in [0.3, 0.4) is 0 Å². The van der Waals surface area contributed by atoms with Crippen molar-refractivity contribution in [2.75, 3.05) is 18.2 Å². The lowest BCUT2D eigenvalue weighted by Crippen LogP contribution is -2.14. The van der Waals surface area contributed by atoms with Crippen LogP contribution < -0.4 is 10.1 Å². The minimum absolute atomic E-state index is 0.136. The van der Waals surface area contributed by atoms with E-state index in [0.29, 0.717) is 22.4 Å². The highest BCUT2D eigenvalue weighted by Gasteiger charge is 2.18. The van der Waals surface area contributed by atoms with E-state index in [1.165, 1.54) is 22.9 Å². The third-order valence-corrected chi connectivity index (χ3v) is 5.94. The minimum Gasteiger partial charge on any atom is -0.497 e. The van der Waals surface area contributed by atoms with Crippen molar-refractivity contribution < 1.29 is 9.53 Å². The lowest BCUT2D eigenvalue weighted by Gasteiger charge is -2.12. The van der Waals surface area contributed by atoms with Crippen molar-refractivity contribution in [2.45, 2.75) is 19.0 Å². The first kappa shape index (κ1) is 21.6. The lowest BCUT2D eigenvalue weighted by atomic mass is 10.1. The maximum atomic E-state index is 12.6. The highest BCUT2D eigenvalue weighted by molar-refractivity contribution is 7.99. The Morgan fingerprint density at radius 2 is 1.84 bits per heavy atom. The molecule has 8 heteroatoms. The topological polar surface area (TPSA) is 81.9 Å². The fraction of sp³-hybridized carbons (Fsp3) is 0.167. The number of aromatic nitrogens is 4. The van der Waals surface area contributed by atoms with E-state index in [4.69, 9.17) is 4.74 Å². The van der Waals surface area contributed by atoms with Crippen molar-refractivity contribution in [1.29, 1.82) is 0 Å². The summed E-state index contributed by atoms with van der Waals surface area (Å²) in [5.41, 5.74) is 4.91. The summed E-state index contributed by atoms with van der Waals surface area (Å²) in [6.45, 7) is 4.15. The molecule has 4 aromatic rings. The molecule has 1 N–H and O–H groups in total. The summed E-state index contributed by atoms with van der Waals surface area (Å²) in [7, 11) is 1.59. The van der Waals surface area contributed by atoms with Crippen LogP contribution in [0.4, 0.5) is 5.69 Å². The summed E-state index contributed by atoms with van der Waals surface area (Å²) >= 11 is 1.34. The molecule has 2 aromatic carbocycles. The van der Waals surface area contributed by atoms with Crippen LogP contribution in [0, 0.1) is 13.8 Å². The Morgan fingerprint density at radius 3 is 2.59 bits per heavy atom. The van der Waals surface area contributed by atoms with Gasteiger partial charge in [-0.2, -0.15) is 0 Å². The standard InChI is InChI=1S/C24H23N5O2S/c1-16-7-8-20(13-17(16)2)29-23(18-9-11-25-12-10-18)27-28-24(29)32-15-22(30)26-19-5-4-6-21(14-19)31-3/h4-14H,15H2,1-3H3,(H,26,30). The number of hydrogen-bond donors (Lipinski definition) is 1. The molecule has 0 bridgehead atoms. The smallest absolute Gasteiger partial charge is 0.234 e. The average molecular weight is 446 g/mol. The molecule has 0 aliphatic carbocycles. The van der Waals surface area contributed by atoms with Crippen LogP contribution in [0.15, 0.2) is 72.1 Å². The molecule has 7 nitrogen and oxygen atoms in total. The van der Waals surface area contributed by atoms with Gasteiger partial charge in [0.25, 0.3) is 0 Å². The van der Waals surface area contributed by atoms with Crippen LogP contribution in [-0.4, -0.2) is 38.5 Å². The number of thioether (sulfide) groups is 1. The molecule has 2 aromatic heterocycles. The van der Waals surface area contributed by atoms with Crippen molar-refractivity contribution >= 4 is 23.4 Å². The first-order valence-corrected chi connectivity index (χ1v) is 11.0. The zero-order valence-corrected chi connectivity index (χ0v) is 18.9. The van der Waals surface area contributed by atoms with Gasteiger partial charge in [-0.15, -0.1) is 10.2 Å². The lowest BCUT2D eigenvalue weighted by molar-refractivity contribution is -0.113. The van der Waals surface area contributed by atoms with Gasteiger partial charge in [-0.05, 0) is 61.4 Å². The van der Waals surface area contributed by atoms with Gasteiger partial charge in [-0.25, -0.2) is 0 Å². The van der Waals surface area contributed by atoms with Gasteiger partial charge >= 0.3 is 0 Å². The van der Waals surface area contributed by atoms with E-state index in [0.717, 1.165) is 11.3 Å². The first-order chi connectivity index (χ1) is 15.5. The second-order valence-corrected chi connectivity index (χ2v) is 8.16. The van der Waals surface area contributed by atoms with E-state index in [1.54, 1.807) is 25.6 Å². The molecule has 32 heavy (non-hydrogen) atoms. The van der Waals surface area contributed by atoms with E-state index in [9.17, 15) is 4.79 Å². The Kier molecular flexibility index (Phi) is 6.51. The maximum Gasteiger partial charge on any atom is 0.234 e. The van der Waals surface area contributed by atoms with Gasteiger partial charge in [0.15, 0.2) is 11.0 Å². The number of amides is 1. The fourth-order valence-corrected chi connectivity index (χ4v) is 3.93. The van der Waals surface area contributed by atoms with Gasteiger partial charge < -0.3 is 10.1 Å². The summed E-state index contributed by atoms with van der Waals surface area (Å²) in [5.74, 6) is 1.44. The monoisotopic (exact) mass is 445 g/mol. The van der Waals surface area contributed by atoms with Crippen molar-refractivity contribution in [3.63, 3.8) is 0 Å². The molecule has 4 rings (SSSR count). The van der Waals surface area contributed by atoms with Crippen molar-refractivity contribution in [1.82, 2.24) is 19.7 Å². The Bertz CT molecular complexity index is 1240. The molecule has 0 spiro atoms. The molecule has 0 aliphatic rings. The van der Waals surface area contributed by atoms with Gasteiger partial charge in [-0.1, -0.05) is 23.9 Å². The second kappa shape index (κ2) is 9.65. The highest BCUT2D eigenvalue weighted by atomic mass is 32.2. The van der Waals surface area contributed by atoms with E-state index < -0.39 is 0 Å². The summed E-state index contributed by atoms with van der Waals surface area (Å²) in [4.78, 5) is 16.7. The quantitative estimate of drug-likeness (QED) is 0.416. The number of pyridine rings is 1. The number of methoxy groups -OCH3 is 1. The third kappa shape index (κ3) is 4.81. The first-order valence-electron chi connectivity index (χ1n) is 10.1. The SMILES string of the molecule is COc1cccc(NC(=O)CSc2nnc(-c3ccncc3)n2-c2ccc(C)c(C)c2)c1. The number of carbonyl (C=O) groups is 1. The summed E-state index contributed by atoms with van der Waals surface area (Å²) in [6.07, 6.45) is 3.45. The number of nitrogens with one attached hydrogen (secondary N) is 1. The molecule has 0 unspecified atom stereocenters. The zero-order valence-electron chi connectivity index (χ0n) is 18.1. The largest absolute Gasteiger partial charge is 0.497 e. The fourth-order valence-electron chi connectivity index (χ4n) is 3.18. The number of carbonyl (C=O) groups excluding carboxylic acids is 1. The molecule has 0 saturated heterocycles. The van der Waals surface area contributed by atoms with Crippen LogP contribution in [0.1, 0.15) is 11.1 Å². The molecule has 0 saturated carbocycles. The molecular formula is C24H23N5O2S. The number of rotatable bonds is 7. The molecule has 162 valence electrons. The van der Waals surface area contributed by atoms with Crippen LogP contribution in [0.5, 0.6) is 5.75 Å². The van der Waals surface area contributed by atoms with Crippen LogP contribution in [0.2, 0.25) is 0 Å². The number of hydrogen-bond acceptors (Lipinski definition) is 6. The van der Waals surface area contributed by atoms with Gasteiger partial charge in [-0.3, -0.25) is 14.3 Å². The summed E-state index contributed by atoms with van der Waals surface area (Å²) in [6, 6.07) is 17.3. The normalized spacial score (nSPS) is 10.7. The number of nitrogens with zero attached hydrogens (tertiary/aromatic N) is 4. The van der Waals surface area contributed by atoms with Gasteiger partial charge in [0.1, 0.15) is 5.75 Å². The van der Waals surface area contributed by atoms with Crippen LogP contribution >= 0.6 is 11.8 Å². The van der Waals surface area contributed by atoms with E-state index >= 15 is 0 Å². The average Bonchev–Trinajstić information content (AvgIpc) is 3.24. The Labute approximate surface area is 190 Å². The predicted octanol–water partition coefficient (Wildman–Crippen LogP) is 4.69. The number of aryl methyl sites for hydroxylation is 2. The van der Waals surface area contributed by atoms with Crippen molar-refractivity contribution in [3.8, 4) is 22.8 Å². The molecule has 0 aliphatic heterocycles. The Balaban J connectivity index is 1.60. The van der Waals surface area contributed by atoms with Crippen LogP contribution in [-0.2, 0) is 4.79 Å². The number of ether oxygens (including phenoxy) is 1. The molecule has 0 atom stereocenters. The van der Waals surface area contributed by atoms with Gasteiger partial charge in [0.05, 0.1) is 18.6 Å². The maximum absolute atomic E-state index is 12.6. The minimum atomic E-state index is -0.136. The van der Waals surface area contributed by atoms with Crippen molar-refractivity contribution in [3.05, 3.63) is 78.1 Å². The number of anilines is 1. The Morgan fingerprint density at radius 1 is 1.03 bits per heavy atom. The second-order valence-electron chi connectivity index (χ2n) is 7.21. The predicted molar refractivity (Wildman–Crippen MR) is 126 cm³/mol. The summed E-state index contributed by atoms with van der Waals surface area (Å²) in [5, 5.41) is 12.3.